The van der Waals surface area contributed by atoms with Gasteiger partial charge in [0.15, 0.2) is 0 Å². The van der Waals surface area contributed by atoms with E-state index < -0.39 is 5.60 Å². The number of piperidine rings is 1. The van der Waals surface area contributed by atoms with Crippen molar-refractivity contribution in [2.24, 2.45) is 0 Å². The molecule has 1 aromatic carbocycles. The quantitative estimate of drug-likeness (QED) is 0.502. The summed E-state index contributed by atoms with van der Waals surface area (Å²) in [5.41, 5.74) is 3.68. The maximum absolute atomic E-state index is 12.9. The molecule has 0 radical (unpaired) electrons. The second-order valence-corrected chi connectivity index (χ2v) is 10.6. The van der Waals surface area contributed by atoms with Gasteiger partial charge in [-0.3, -0.25) is 4.90 Å². The number of hydrogen-bond donors (Lipinski definition) is 0. The van der Waals surface area contributed by atoms with Gasteiger partial charge in [-0.05, 0) is 64.3 Å². The van der Waals surface area contributed by atoms with Gasteiger partial charge in [-0.1, -0.05) is 29.8 Å². The van der Waals surface area contributed by atoms with Gasteiger partial charge in [0.2, 0.25) is 0 Å². The van der Waals surface area contributed by atoms with Crippen molar-refractivity contribution in [1.82, 2.24) is 19.2 Å². The molecule has 0 saturated carbocycles. The molecule has 174 valence electrons. The Labute approximate surface area is 200 Å². The Bertz CT molecular complexity index is 1150. The summed E-state index contributed by atoms with van der Waals surface area (Å²) in [6.07, 6.45) is 4.98. The molecule has 2 aromatic heterocycles. The lowest BCUT2D eigenvalue weighted by Gasteiger charge is -2.38. The number of benzene rings is 1. The number of carbonyl (C=O) groups is 1. The van der Waals surface area contributed by atoms with E-state index in [1.807, 2.05) is 68.1 Å². The Hall–Kier alpha value is -2.57. The first-order chi connectivity index (χ1) is 15.8. The molecule has 2 bridgehead atoms. The predicted molar refractivity (Wildman–Crippen MR) is 130 cm³/mol. The van der Waals surface area contributed by atoms with E-state index in [1.165, 1.54) is 5.69 Å². The first-order valence-corrected chi connectivity index (χ1v) is 12.1. The van der Waals surface area contributed by atoms with Crippen LogP contribution in [0.25, 0.3) is 16.9 Å². The van der Waals surface area contributed by atoms with Crippen molar-refractivity contribution in [3.05, 3.63) is 59.4 Å². The third kappa shape index (κ3) is 4.59. The summed E-state index contributed by atoms with van der Waals surface area (Å²) in [6.45, 7) is 8.16. The second kappa shape index (κ2) is 8.65. The molecule has 5 heterocycles. The fraction of sp³-hybridized carbons (Fsp3) is 0.462. The lowest BCUT2D eigenvalue weighted by atomic mass is 9.98. The minimum Gasteiger partial charge on any atom is -0.444 e. The highest BCUT2D eigenvalue weighted by molar-refractivity contribution is 6.30. The molecule has 3 fully saturated rings. The fourth-order valence-electron chi connectivity index (χ4n) is 5.11. The molecule has 3 aliphatic rings. The Morgan fingerprint density at radius 3 is 2.61 bits per heavy atom. The van der Waals surface area contributed by atoms with Crippen LogP contribution in [0.15, 0.2) is 48.7 Å². The number of rotatable bonds is 3. The van der Waals surface area contributed by atoms with Gasteiger partial charge in [-0.15, -0.1) is 0 Å². The van der Waals surface area contributed by atoms with E-state index in [9.17, 15) is 4.79 Å². The fourth-order valence-corrected chi connectivity index (χ4v) is 5.24. The van der Waals surface area contributed by atoms with E-state index in [2.05, 4.69) is 15.5 Å². The maximum atomic E-state index is 12.9. The van der Waals surface area contributed by atoms with Gasteiger partial charge in [-0.25, -0.2) is 9.78 Å². The van der Waals surface area contributed by atoms with Crippen molar-refractivity contribution in [1.29, 1.82) is 0 Å². The summed E-state index contributed by atoms with van der Waals surface area (Å²) in [5.74, 6) is 0. The predicted octanol–water partition coefficient (Wildman–Crippen LogP) is 5.63. The molecule has 3 saturated heterocycles. The van der Waals surface area contributed by atoms with Gasteiger partial charge in [-0.2, -0.15) is 0 Å². The molecule has 33 heavy (non-hydrogen) atoms. The van der Waals surface area contributed by atoms with Crippen LogP contribution in [0.5, 0.6) is 0 Å². The molecular weight excluding hydrogens is 436 g/mol. The van der Waals surface area contributed by atoms with E-state index in [0.717, 1.165) is 60.8 Å². The Morgan fingerprint density at radius 2 is 1.85 bits per heavy atom. The lowest BCUT2D eigenvalue weighted by Crippen LogP contribution is -2.49. The van der Waals surface area contributed by atoms with Crippen molar-refractivity contribution in [3.63, 3.8) is 0 Å². The van der Waals surface area contributed by atoms with E-state index >= 15 is 0 Å². The van der Waals surface area contributed by atoms with Crippen LogP contribution in [0, 0.1) is 0 Å². The lowest BCUT2D eigenvalue weighted by molar-refractivity contribution is 0.0124. The van der Waals surface area contributed by atoms with Crippen molar-refractivity contribution in [3.8, 4) is 11.3 Å². The van der Waals surface area contributed by atoms with Gasteiger partial charge in [0.1, 0.15) is 11.2 Å². The summed E-state index contributed by atoms with van der Waals surface area (Å²) in [7, 11) is 0. The number of ether oxygens (including phenoxy) is 1. The van der Waals surface area contributed by atoms with E-state index in [-0.39, 0.29) is 12.1 Å². The van der Waals surface area contributed by atoms with Crippen LogP contribution in [0.3, 0.4) is 0 Å². The van der Waals surface area contributed by atoms with Crippen molar-refractivity contribution in [2.75, 3.05) is 13.1 Å². The highest BCUT2D eigenvalue weighted by Gasteiger charge is 2.39. The number of nitrogens with zero attached hydrogens (tertiary/aromatic N) is 4. The van der Waals surface area contributed by atoms with Crippen LogP contribution in [-0.2, 0) is 11.3 Å². The molecule has 7 heteroatoms. The topological polar surface area (TPSA) is 50.1 Å². The zero-order valence-electron chi connectivity index (χ0n) is 19.5. The van der Waals surface area contributed by atoms with Crippen LogP contribution in [-0.4, -0.2) is 56.1 Å². The van der Waals surface area contributed by atoms with Crippen molar-refractivity contribution >= 4 is 23.3 Å². The van der Waals surface area contributed by atoms with E-state index in [0.29, 0.717) is 6.04 Å². The third-order valence-corrected chi connectivity index (χ3v) is 6.92. The SMILES string of the molecule is CC(C)(C)OC(=O)N1CCC2CCC1CN2Cc1c(-c2ccc(Cl)cc2)nc2ccccn12. The highest BCUT2D eigenvalue weighted by Crippen LogP contribution is 2.33. The second-order valence-electron chi connectivity index (χ2n) is 10.1. The zero-order valence-corrected chi connectivity index (χ0v) is 20.3. The van der Waals surface area contributed by atoms with E-state index in [4.69, 9.17) is 21.3 Å². The zero-order chi connectivity index (χ0) is 23.2. The van der Waals surface area contributed by atoms with Gasteiger partial charge >= 0.3 is 6.09 Å². The van der Waals surface area contributed by atoms with Crippen LogP contribution in [0.1, 0.15) is 45.7 Å². The van der Waals surface area contributed by atoms with Crippen molar-refractivity contribution < 1.29 is 9.53 Å². The smallest absolute Gasteiger partial charge is 0.410 e. The highest BCUT2D eigenvalue weighted by atomic mass is 35.5. The molecule has 2 unspecified atom stereocenters. The van der Waals surface area contributed by atoms with Crippen LogP contribution < -0.4 is 0 Å². The van der Waals surface area contributed by atoms with Crippen LogP contribution in [0.4, 0.5) is 4.79 Å². The number of aromatic nitrogens is 2. The summed E-state index contributed by atoms with van der Waals surface area (Å²) in [4.78, 5) is 22.3. The molecular formula is C26H31ClN4O2. The van der Waals surface area contributed by atoms with E-state index in [1.54, 1.807) is 0 Å². The molecule has 0 aliphatic carbocycles. The Kier molecular flexibility index (Phi) is 5.83. The summed E-state index contributed by atoms with van der Waals surface area (Å²) in [6, 6.07) is 14.6. The number of pyridine rings is 1. The number of amides is 1. The minimum atomic E-state index is -0.481. The monoisotopic (exact) mass is 466 g/mol. The molecule has 3 aliphatic heterocycles. The maximum Gasteiger partial charge on any atom is 0.410 e. The Morgan fingerprint density at radius 1 is 1.09 bits per heavy atom. The van der Waals surface area contributed by atoms with Gasteiger partial charge in [0.25, 0.3) is 0 Å². The molecule has 2 atom stereocenters. The molecule has 0 spiro atoms. The Balaban J connectivity index is 1.44. The van der Waals surface area contributed by atoms with Gasteiger partial charge in [0.05, 0.1) is 11.4 Å². The first-order valence-electron chi connectivity index (χ1n) is 11.7. The number of carbonyl (C=O) groups excluding carboxylic acids is 1. The number of hydrogen-bond acceptors (Lipinski definition) is 4. The number of halogens is 1. The molecule has 6 nitrogen and oxygen atoms in total. The summed E-state index contributed by atoms with van der Waals surface area (Å²) in [5, 5.41) is 0.719. The molecule has 0 N–H and O–H groups in total. The van der Waals surface area contributed by atoms with Crippen molar-refractivity contribution in [2.45, 2.75) is 64.3 Å². The summed E-state index contributed by atoms with van der Waals surface area (Å²) < 4.78 is 7.90. The molecule has 3 aromatic rings. The minimum absolute atomic E-state index is 0.178. The standard InChI is InChI=1S/C26H31ClN4O2/c1-26(2,3)33-25(32)30-15-13-20-11-12-21(30)16-29(20)17-22-24(18-7-9-19(27)10-8-18)28-23-6-4-5-14-31(22)23/h4-10,14,20-21H,11-13,15-17H2,1-3H3. The van der Waals surface area contributed by atoms with Crippen LogP contribution >= 0.6 is 11.6 Å². The summed E-state index contributed by atoms with van der Waals surface area (Å²) >= 11 is 6.14. The number of imidazole rings is 1. The van der Waals surface area contributed by atoms with Gasteiger partial charge < -0.3 is 14.0 Å². The average Bonchev–Trinajstić information content (AvgIpc) is 2.90. The molecule has 6 rings (SSSR count). The van der Waals surface area contributed by atoms with Gasteiger partial charge in [0, 0.05) is 48.5 Å². The molecule has 1 amide bonds. The average molecular weight is 467 g/mol. The third-order valence-electron chi connectivity index (χ3n) is 6.67. The number of fused-ring (bicyclic) bond motifs is 5. The largest absolute Gasteiger partial charge is 0.444 e. The first kappa shape index (κ1) is 22.2. The normalized spacial score (nSPS) is 21.4. The van der Waals surface area contributed by atoms with Crippen LogP contribution in [0.2, 0.25) is 5.02 Å².